The van der Waals surface area contributed by atoms with Gasteiger partial charge in [0.2, 0.25) is 0 Å². The highest BCUT2D eigenvalue weighted by Crippen LogP contribution is 2.31. The minimum atomic E-state index is -0.376. The van der Waals surface area contributed by atoms with Crippen LogP contribution in [0.25, 0.3) is 22.3 Å². The molecule has 3 N–H and O–H groups in total. The SMILES string of the molecule is CC(C)Oc1cc(F)ccc1Nc1ncnc2ccc(-c3cnn(CCN)c3)nc12. The maximum atomic E-state index is 13.7. The molecule has 0 amide bonds. The van der Waals surface area contributed by atoms with Crippen LogP contribution in [0.5, 0.6) is 5.75 Å². The minimum absolute atomic E-state index is 0.107. The van der Waals surface area contributed by atoms with Crippen molar-refractivity contribution in [2.75, 3.05) is 11.9 Å². The smallest absolute Gasteiger partial charge is 0.160 e. The monoisotopic (exact) mass is 407 g/mol. The standard InChI is InChI=1S/C21H22FN7O/c1-13(2)30-19-9-15(22)3-4-17(19)28-21-20-18(24-12-25-21)6-5-16(27-20)14-10-26-29(11-14)8-7-23/h3-6,9-13H,7-8,23H2,1-2H3,(H,24,25,28). The molecule has 0 unspecified atom stereocenters. The van der Waals surface area contributed by atoms with E-state index in [2.05, 4.69) is 20.4 Å². The van der Waals surface area contributed by atoms with Gasteiger partial charge in [-0.1, -0.05) is 0 Å². The Labute approximate surface area is 172 Å². The molecule has 0 atom stereocenters. The molecule has 4 rings (SSSR count). The van der Waals surface area contributed by atoms with E-state index in [0.29, 0.717) is 41.4 Å². The van der Waals surface area contributed by atoms with E-state index in [-0.39, 0.29) is 11.9 Å². The molecule has 30 heavy (non-hydrogen) atoms. The Morgan fingerprint density at radius 2 is 2.07 bits per heavy atom. The topological polar surface area (TPSA) is 104 Å². The zero-order valence-corrected chi connectivity index (χ0v) is 16.7. The third kappa shape index (κ3) is 4.20. The van der Waals surface area contributed by atoms with Gasteiger partial charge >= 0.3 is 0 Å². The van der Waals surface area contributed by atoms with Gasteiger partial charge < -0.3 is 15.8 Å². The first-order chi connectivity index (χ1) is 14.5. The second-order valence-electron chi connectivity index (χ2n) is 7.00. The summed E-state index contributed by atoms with van der Waals surface area (Å²) in [5, 5.41) is 7.51. The van der Waals surface area contributed by atoms with Gasteiger partial charge in [0.1, 0.15) is 23.4 Å². The van der Waals surface area contributed by atoms with E-state index < -0.39 is 0 Å². The lowest BCUT2D eigenvalue weighted by Crippen LogP contribution is -2.09. The van der Waals surface area contributed by atoms with Crippen molar-refractivity contribution in [3.63, 3.8) is 0 Å². The molecule has 0 fully saturated rings. The highest BCUT2D eigenvalue weighted by atomic mass is 19.1. The number of pyridine rings is 1. The van der Waals surface area contributed by atoms with Gasteiger partial charge in [0.25, 0.3) is 0 Å². The number of anilines is 2. The number of nitrogens with one attached hydrogen (secondary N) is 1. The number of hydrogen-bond donors (Lipinski definition) is 2. The van der Waals surface area contributed by atoms with Crippen LogP contribution in [0, 0.1) is 5.82 Å². The van der Waals surface area contributed by atoms with Crippen LogP contribution in [0.2, 0.25) is 0 Å². The quantitative estimate of drug-likeness (QED) is 0.483. The van der Waals surface area contributed by atoms with Gasteiger partial charge in [-0.15, -0.1) is 0 Å². The van der Waals surface area contributed by atoms with Gasteiger partial charge in [-0.25, -0.2) is 19.3 Å². The van der Waals surface area contributed by atoms with E-state index in [9.17, 15) is 4.39 Å². The number of fused-ring (bicyclic) bond motifs is 1. The number of benzene rings is 1. The first-order valence-corrected chi connectivity index (χ1v) is 9.61. The summed E-state index contributed by atoms with van der Waals surface area (Å²) in [5.41, 5.74) is 9.05. The van der Waals surface area contributed by atoms with Gasteiger partial charge in [0.05, 0.1) is 35.7 Å². The highest BCUT2D eigenvalue weighted by Gasteiger charge is 2.13. The van der Waals surface area contributed by atoms with E-state index >= 15 is 0 Å². The summed E-state index contributed by atoms with van der Waals surface area (Å²) in [6.45, 7) is 4.90. The van der Waals surface area contributed by atoms with Gasteiger partial charge in [0.15, 0.2) is 5.82 Å². The molecule has 0 saturated heterocycles. The van der Waals surface area contributed by atoms with Crippen LogP contribution >= 0.6 is 0 Å². The molecule has 0 aliphatic rings. The van der Waals surface area contributed by atoms with Crippen molar-refractivity contribution in [1.82, 2.24) is 24.7 Å². The zero-order valence-electron chi connectivity index (χ0n) is 16.7. The minimum Gasteiger partial charge on any atom is -0.489 e. The Bertz CT molecular complexity index is 1180. The fourth-order valence-electron chi connectivity index (χ4n) is 3.02. The molecule has 0 bridgehead atoms. The first kappa shape index (κ1) is 19.7. The Kier molecular flexibility index (Phi) is 5.53. The number of nitrogens with zero attached hydrogens (tertiary/aromatic N) is 5. The summed E-state index contributed by atoms with van der Waals surface area (Å²) in [4.78, 5) is 13.4. The molecule has 9 heteroatoms. The predicted molar refractivity (Wildman–Crippen MR) is 113 cm³/mol. The number of rotatable bonds is 7. The van der Waals surface area contributed by atoms with Crippen molar-refractivity contribution in [3.05, 3.63) is 54.9 Å². The number of hydrogen-bond acceptors (Lipinski definition) is 7. The first-order valence-electron chi connectivity index (χ1n) is 9.61. The highest BCUT2D eigenvalue weighted by molar-refractivity contribution is 5.89. The molecule has 4 aromatic rings. The fourth-order valence-corrected chi connectivity index (χ4v) is 3.02. The number of ether oxygens (including phenoxy) is 1. The van der Waals surface area contributed by atoms with Gasteiger partial charge in [-0.2, -0.15) is 5.10 Å². The third-order valence-corrected chi connectivity index (χ3v) is 4.33. The van der Waals surface area contributed by atoms with Crippen LogP contribution < -0.4 is 15.8 Å². The molecular weight excluding hydrogens is 385 g/mol. The van der Waals surface area contributed by atoms with E-state index in [1.165, 1.54) is 18.5 Å². The molecule has 0 aliphatic carbocycles. The summed E-state index contributed by atoms with van der Waals surface area (Å²) >= 11 is 0. The lowest BCUT2D eigenvalue weighted by atomic mass is 10.2. The molecule has 0 aliphatic heterocycles. The van der Waals surface area contributed by atoms with E-state index in [4.69, 9.17) is 15.5 Å². The Balaban J connectivity index is 1.73. The average Bonchev–Trinajstić information content (AvgIpc) is 3.18. The Morgan fingerprint density at radius 3 is 2.87 bits per heavy atom. The number of halogens is 1. The van der Waals surface area contributed by atoms with Crippen molar-refractivity contribution in [2.24, 2.45) is 5.73 Å². The number of nitrogens with two attached hydrogens (primary N) is 1. The van der Waals surface area contributed by atoms with Crippen LogP contribution in [0.15, 0.2) is 49.1 Å². The van der Waals surface area contributed by atoms with E-state index in [1.54, 1.807) is 16.9 Å². The fraction of sp³-hybridized carbons (Fsp3) is 0.238. The molecular formula is C21H22FN7O. The molecule has 3 heterocycles. The molecule has 0 spiro atoms. The van der Waals surface area contributed by atoms with Gasteiger partial charge in [-0.3, -0.25) is 4.68 Å². The Morgan fingerprint density at radius 1 is 1.20 bits per heavy atom. The van der Waals surface area contributed by atoms with Crippen molar-refractivity contribution in [1.29, 1.82) is 0 Å². The second-order valence-corrected chi connectivity index (χ2v) is 7.00. The third-order valence-electron chi connectivity index (χ3n) is 4.33. The molecule has 1 aromatic carbocycles. The summed E-state index contributed by atoms with van der Waals surface area (Å²) in [6, 6.07) is 8.08. The molecule has 0 saturated carbocycles. The van der Waals surface area contributed by atoms with Crippen molar-refractivity contribution >= 4 is 22.5 Å². The summed E-state index contributed by atoms with van der Waals surface area (Å²) in [5.74, 6) is 0.519. The van der Waals surface area contributed by atoms with Gasteiger partial charge in [0, 0.05) is 24.4 Å². The van der Waals surface area contributed by atoms with Crippen LogP contribution in [0.3, 0.4) is 0 Å². The summed E-state index contributed by atoms with van der Waals surface area (Å²) in [7, 11) is 0. The predicted octanol–water partition coefficient (Wildman–Crippen LogP) is 3.52. The van der Waals surface area contributed by atoms with Crippen LogP contribution in [0.1, 0.15) is 13.8 Å². The molecule has 154 valence electrons. The maximum absolute atomic E-state index is 13.7. The molecule has 8 nitrogen and oxygen atoms in total. The summed E-state index contributed by atoms with van der Waals surface area (Å²) < 4.78 is 21.2. The largest absolute Gasteiger partial charge is 0.489 e. The van der Waals surface area contributed by atoms with Crippen LogP contribution in [-0.4, -0.2) is 37.4 Å². The van der Waals surface area contributed by atoms with Crippen molar-refractivity contribution in [3.8, 4) is 17.0 Å². The lowest BCUT2D eigenvalue weighted by Gasteiger charge is -2.16. The van der Waals surface area contributed by atoms with Crippen molar-refractivity contribution < 1.29 is 9.13 Å². The van der Waals surface area contributed by atoms with Crippen LogP contribution in [0.4, 0.5) is 15.9 Å². The van der Waals surface area contributed by atoms with Crippen LogP contribution in [-0.2, 0) is 6.54 Å². The summed E-state index contributed by atoms with van der Waals surface area (Å²) in [6.07, 6.45) is 4.99. The number of aromatic nitrogens is 5. The average molecular weight is 407 g/mol. The van der Waals surface area contributed by atoms with E-state index in [1.807, 2.05) is 32.2 Å². The second kappa shape index (κ2) is 8.42. The molecule has 0 radical (unpaired) electrons. The maximum Gasteiger partial charge on any atom is 0.160 e. The Hall–Kier alpha value is -3.59. The normalized spacial score (nSPS) is 11.2. The van der Waals surface area contributed by atoms with Gasteiger partial charge in [-0.05, 0) is 38.1 Å². The van der Waals surface area contributed by atoms with Crippen molar-refractivity contribution in [2.45, 2.75) is 26.5 Å². The van der Waals surface area contributed by atoms with E-state index in [0.717, 1.165) is 11.3 Å². The zero-order chi connectivity index (χ0) is 21.1. The lowest BCUT2D eigenvalue weighted by molar-refractivity contribution is 0.243. The molecule has 3 aromatic heterocycles.